The van der Waals surface area contributed by atoms with Gasteiger partial charge in [0, 0.05) is 6.54 Å². The van der Waals surface area contributed by atoms with E-state index in [-0.39, 0.29) is 19.1 Å². The number of hydrogen-bond acceptors (Lipinski definition) is 3. The molecule has 1 aliphatic rings. The molecule has 10 heavy (non-hydrogen) atoms. The second-order valence-electron chi connectivity index (χ2n) is 2.38. The quantitative estimate of drug-likeness (QED) is 0.517. The third kappa shape index (κ3) is 1.12. The van der Waals surface area contributed by atoms with Crippen LogP contribution < -0.4 is 5.32 Å². The molecule has 1 amide bonds. The summed E-state index contributed by atoms with van der Waals surface area (Å²) >= 11 is 0. The van der Waals surface area contributed by atoms with Crippen LogP contribution in [0.2, 0.25) is 0 Å². The van der Waals surface area contributed by atoms with E-state index in [1.54, 1.807) is 6.92 Å². The lowest BCUT2D eigenvalue weighted by molar-refractivity contribution is -0.190. The van der Waals surface area contributed by atoms with Gasteiger partial charge in [0.05, 0.1) is 13.2 Å². The number of ether oxygens (including phenoxy) is 1. The molecule has 4 heteroatoms. The van der Waals surface area contributed by atoms with Gasteiger partial charge in [0.1, 0.15) is 0 Å². The van der Waals surface area contributed by atoms with Crippen LogP contribution in [0.5, 0.6) is 0 Å². The second kappa shape index (κ2) is 2.56. The van der Waals surface area contributed by atoms with E-state index in [2.05, 4.69) is 5.32 Å². The van der Waals surface area contributed by atoms with E-state index in [4.69, 9.17) is 4.74 Å². The van der Waals surface area contributed by atoms with Crippen molar-refractivity contribution in [2.75, 3.05) is 19.8 Å². The topological polar surface area (TPSA) is 58.6 Å². The normalized spacial score (nSPS) is 21.4. The van der Waals surface area contributed by atoms with E-state index in [0.717, 1.165) is 0 Å². The molecule has 1 aliphatic heterocycles. The van der Waals surface area contributed by atoms with Crippen molar-refractivity contribution >= 4 is 5.91 Å². The summed E-state index contributed by atoms with van der Waals surface area (Å²) in [6.45, 7) is 2.60. The van der Waals surface area contributed by atoms with Crippen LogP contribution in [-0.2, 0) is 9.53 Å². The molecule has 0 radical (unpaired) electrons. The summed E-state index contributed by atoms with van der Waals surface area (Å²) in [6.07, 6.45) is 0. The van der Waals surface area contributed by atoms with Gasteiger partial charge in [0.2, 0.25) is 0 Å². The van der Waals surface area contributed by atoms with Gasteiger partial charge in [-0.25, -0.2) is 0 Å². The Hall–Kier alpha value is -0.610. The van der Waals surface area contributed by atoms with E-state index in [0.29, 0.717) is 6.54 Å². The van der Waals surface area contributed by atoms with Gasteiger partial charge in [-0.1, -0.05) is 0 Å². The fourth-order valence-electron chi connectivity index (χ4n) is 0.752. The molecular weight excluding hydrogens is 134 g/mol. The minimum Gasteiger partial charge on any atom is -0.376 e. The van der Waals surface area contributed by atoms with E-state index < -0.39 is 5.60 Å². The Bertz CT molecular complexity index is 142. The van der Waals surface area contributed by atoms with Crippen molar-refractivity contribution in [2.24, 2.45) is 0 Å². The Kier molecular flexibility index (Phi) is 1.92. The summed E-state index contributed by atoms with van der Waals surface area (Å²) in [5.41, 5.74) is -1.24. The maximum absolute atomic E-state index is 10.9. The Labute approximate surface area is 59.2 Å². The number of nitrogens with one attached hydrogen (secondary N) is 1. The zero-order valence-corrected chi connectivity index (χ0v) is 5.89. The highest BCUT2D eigenvalue weighted by Gasteiger charge is 2.43. The highest BCUT2D eigenvalue weighted by Crippen LogP contribution is 2.15. The Balaban J connectivity index is 2.39. The molecule has 0 aromatic rings. The first kappa shape index (κ1) is 7.50. The van der Waals surface area contributed by atoms with Gasteiger partial charge >= 0.3 is 0 Å². The molecule has 0 atom stereocenters. The smallest absolute Gasteiger partial charge is 0.256 e. The monoisotopic (exact) mass is 145 g/mol. The maximum Gasteiger partial charge on any atom is 0.256 e. The molecule has 1 fully saturated rings. The average Bonchev–Trinajstić information content (AvgIpc) is 1.83. The van der Waals surface area contributed by atoms with Crippen LogP contribution in [0, 0.1) is 0 Å². The standard InChI is InChI=1S/C6H11NO3/c1-2-7-5(8)6(9)3-10-4-6/h9H,2-4H2,1H3,(H,7,8). The first-order chi connectivity index (χ1) is 4.69. The van der Waals surface area contributed by atoms with Crippen molar-refractivity contribution in [3.8, 4) is 0 Å². The maximum atomic E-state index is 10.9. The number of amides is 1. The van der Waals surface area contributed by atoms with Gasteiger partial charge in [-0.2, -0.15) is 0 Å². The molecule has 0 spiro atoms. The molecule has 0 aromatic carbocycles. The van der Waals surface area contributed by atoms with Crippen LogP contribution in [-0.4, -0.2) is 36.4 Å². The molecule has 0 bridgehead atoms. The van der Waals surface area contributed by atoms with E-state index in [9.17, 15) is 9.90 Å². The Morgan fingerprint density at radius 1 is 1.80 bits per heavy atom. The lowest BCUT2D eigenvalue weighted by Gasteiger charge is -2.34. The number of aliphatic hydroxyl groups is 1. The average molecular weight is 145 g/mol. The minimum atomic E-state index is -1.24. The second-order valence-corrected chi connectivity index (χ2v) is 2.38. The summed E-state index contributed by atoms with van der Waals surface area (Å²) in [6, 6.07) is 0. The van der Waals surface area contributed by atoms with Crippen LogP contribution in [0.3, 0.4) is 0 Å². The van der Waals surface area contributed by atoms with Gasteiger partial charge in [0.15, 0.2) is 5.60 Å². The third-order valence-corrected chi connectivity index (χ3v) is 1.44. The Morgan fingerprint density at radius 3 is 2.70 bits per heavy atom. The molecule has 0 saturated carbocycles. The summed E-state index contributed by atoms with van der Waals surface area (Å²) in [4.78, 5) is 10.9. The van der Waals surface area contributed by atoms with Crippen LogP contribution >= 0.6 is 0 Å². The highest BCUT2D eigenvalue weighted by molar-refractivity contribution is 5.85. The van der Waals surface area contributed by atoms with Crippen LogP contribution in [0.25, 0.3) is 0 Å². The van der Waals surface area contributed by atoms with Crippen molar-refractivity contribution < 1.29 is 14.6 Å². The predicted octanol–water partition coefficient (Wildman–Crippen LogP) is -1.12. The number of likely N-dealkylation sites (N-methyl/N-ethyl adjacent to an activating group) is 1. The highest BCUT2D eigenvalue weighted by atomic mass is 16.5. The molecule has 0 aromatic heterocycles. The molecule has 58 valence electrons. The molecule has 1 rings (SSSR count). The van der Waals surface area contributed by atoms with E-state index in [1.165, 1.54) is 0 Å². The first-order valence-corrected chi connectivity index (χ1v) is 3.27. The van der Waals surface area contributed by atoms with E-state index in [1.807, 2.05) is 0 Å². The van der Waals surface area contributed by atoms with Crippen LogP contribution in [0.1, 0.15) is 6.92 Å². The lowest BCUT2D eigenvalue weighted by atomic mass is 10.0. The number of hydrogen-bond donors (Lipinski definition) is 2. The molecule has 1 heterocycles. The van der Waals surface area contributed by atoms with Crippen LogP contribution in [0.15, 0.2) is 0 Å². The fourth-order valence-corrected chi connectivity index (χ4v) is 0.752. The molecule has 2 N–H and O–H groups in total. The SMILES string of the molecule is CCNC(=O)C1(O)COC1. The van der Waals surface area contributed by atoms with Gasteiger partial charge in [-0.05, 0) is 6.92 Å². The fraction of sp³-hybridized carbons (Fsp3) is 0.833. The molecule has 0 unspecified atom stereocenters. The van der Waals surface area contributed by atoms with Crippen molar-refractivity contribution in [1.82, 2.24) is 5.32 Å². The minimum absolute atomic E-state index is 0.124. The molecule has 0 aliphatic carbocycles. The van der Waals surface area contributed by atoms with Crippen molar-refractivity contribution in [2.45, 2.75) is 12.5 Å². The largest absolute Gasteiger partial charge is 0.376 e. The molecular formula is C6H11NO3. The molecule has 4 nitrogen and oxygen atoms in total. The van der Waals surface area contributed by atoms with Crippen molar-refractivity contribution in [3.05, 3.63) is 0 Å². The zero-order chi connectivity index (χ0) is 7.61. The predicted molar refractivity (Wildman–Crippen MR) is 34.5 cm³/mol. The third-order valence-electron chi connectivity index (χ3n) is 1.44. The van der Waals surface area contributed by atoms with Gasteiger partial charge in [-0.3, -0.25) is 4.79 Å². The Morgan fingerprint density at radius 2 is 2.40 bits per heavy atom. The summed E-state index contributed by atoms with van der Waals surface area (Å²) in [7, 11) is 0. The van der Waals surface area contributed by atoms with Gasteiger partial charge in [0.25, 0.3) is 5.91 Å². The van der Waals surface area contributed by atoms with Crippen molar-refractivity contribution in [3.63, 3.8) is 0 Å². The zero-order valence-electron chi connectivity index (χ0n) is 5.89. The number of rotatable bonds is 2. The van der Waals surface area contributed by atoms with Crippen LogP contribution in [0.4, 0.5) is 0 Å². The van der Waals surface area contributed by atoms with Gasteiger partial charge in [-0.15, -0.1) is 0 Å². The summed E-state index contributed by atoms with van der Waals surface area (Å²) in [5.74, 6) is -0.332. The molecule has 1 saturated heterocycles. The van der Waals surface area contributed by atoms with Crippen molar-refractivity contribution in [1.29, 1.82) is 0 Å². The number of carbonyl (C=O) groups is 1. The lowest BCUT2D eigenvalue weighted by Crippen LogP contribution is -2.60. The van der Waals surface area contributed by atoms with E-state index >= 15 is 0 Å². The first-order valence-electron chi connectivity index (χ1n) is 3.27. The number of carbonyl (C=O) groups excluding carboxylic acids is 1. The summed E-state index contributed by atoms with van der Waals surface area (Å²) in [5, 5.41) is 11.8. The van der Waals surface area contributed by atoms with Gasteiger partial charge < -0.3 is 15.2 Å². The summed E-state index contributed by atoms with van der Waals surface area (Å²) < 4.78 is 4.69.